The summed E-state index contributed by atoms with van der Waals surface area (Å²) in [7, 11) is 0. The minimum absolute atomic E-state index is 0.00442. The number of hydrogen-bond acceptors (Lipinski definition) is 12. The summed E-state index contributed by atoms with van der Waals surface area (Å²) < 4.78 is 0. The number of aromatic hydroxyl groups is 1. The Morgan fingerprint density at radius 2 is 1.30 bits per heavy atom. The van der Waals surface area contributed by atoms with Crippen LogP contribution in [0.1, 0.15) is 141 Å². The van der Waals surface area contributed by atoms with E-state index in [2.05, 4.69) is 33.5 Å². The monoisotopic (exact) mass is 943 g/mol. The van der Waals surface area contributed by atoms with Crippen LogP contribution in [0.15, 0.2) is 24.3 Å². The van der Waals surface area contributed by atoms with Crippen LogP contribution in [-0.4, -0.2) is 152 Å². The van der Waals surface area contributed by atoms with E-state index in [9.17, 15) is 54.0 Å². The zero-order chi connectivity index (χ0) is 48.9. The van der Waals surface area contributed by atoms with Crippen molar-refractivity contribution in [2.24, 2.45) is 5.73 Å². The molecule has 0 bridgehead atoms. The molecule has 67 heavy (non-hydrogen) atoms. The summed E-state index contributed by atoms with van der Waals surface area (Å²) in [4.78, 5) is 100. The van der Waals surface area contributed by atoms with Gasteiger partial charge in [-0.15, -0.1) is 0 Å². The number of amides is 7. The van der Waals surface area contributed by atoms with Gasteiger partial charge in [-0.05, 0) is 76.1 Å². The van der Waals surface area contributed by atoms with Crippen molar-refractivity contribution < 1.29 is 54.0 Å². The van der Waals surface area contributed by atoms with Crippen molar-refractivity contribution in [3.63, 3.8) is 0 Å². The van der Waals surface area contributed by atoms with Gasteiger partial charge < -0.3 is 62.5 Å². The number of fused-ring (bicyclic) bond motifs is 2. The number of nitrogens with one attached hydrogen (secondary N) is 5. The first-order valence-electron chi connectivity index (χ1n) is 24.7. The molecule has 4 rings (SSSR count). The van der Waals surface area contributed by atoms with Crippen LogP contribution < -0.4 is 32.3 Å². The Morgan fingerprint density at radius 3 is 1.90 bits per heavy atom. The summed E-state index contributed by atoms with van der Waals surface area (Å²) in [6.45, 7) is 3.17. The van der Waals surface area contributed by atoms with Crippen molar-refractivity contribution >= 4 is 41.4 Å². The van der Waals surface area contributed by atoms with E-state index in [1.807, 2.05) is 0 Å². The van der Waals surface area contributed by atoms with Crippen LogP contribution in [0, 0.1) is 0 Å². The maximum absolute atomic E-state index is 14.3. The molecule has 3 saturated heterocycles. The Labute approximate surface area is 395 Å². The number of carbonyl (C=O) groups is 7. The Morgan fingerprint density at radius 1 is 0.731 bits per heavy atom. The molecule has 0 radical (unpaired) electrons. The lowest BCUT2D eigenvalue weighted by Crippen LogP contribution is -2.61. The quantitative estimate of drug-likeness (QED) is 0.0817. The Kier molecular flexibility index (Phi) is 23.3. The van der Waals surface area contributed by atoms with Gasteiger partial charge in [-0.2, -0.15) is 0 Å². The number of phenols is 1. The third kappa shape index (κ3) is 17.6. The van der Waals surface area contributed by atoms with Gasteiger partial charge in [0.15, 0.2) is 0 Å². The molecule has 376 valence electrons. The van der Waals surface area contributed by atoms with E-state index in [0.717, 1.165) is 30.6 Å². The molecule has 1 aromatic carbocycles. The largest absolute Gasteiger partial charge is 0.508 e. The average molecular weight is 943 g/mol. The van der Waals surface area contributed by atoms with Gasteiger partial charge in [-0.25, -0.2) is 0 Å². The van der Waals surface area contributed by atoms with Crippen LogP contribution in [0.2, 0.25) is 0 Å². The van der Waals surface area contributed by atoms with Gasteiger partial charge in [-0.1, -0.05) is 83.3 Å². The first-order valence-corrected chi connectivity index (χ1v) is 24.7. The van der Waals surface area contributed by atoms with E-state index < -0.39 is 90.0 Å². The molecule has 1 unspecified atom stereocenters. The van der Waals surface area contributed by atoms with Crippen LogP contribution in [0.3, 0.4) is 0 Å². The van der Waals surface area contributed by atoms with Crippen LogP contribution in [0.25, 0.3) is 0 Å². The highest BCUT2D eigenvalue weighted by Gasteiger charge is 2.45. The van der Waals surface area contributed by atoms with Crippen LogP contribution >= 0.6 is 0 Å². The fourth-order valence-electron chi connectivity index (χ4n) is 9.12. The van der Waals surface area contributed by atoms with E-state index in [0.29, 0.717) is 18.4 Å². The number of benzene rings is 1. The standard InChI is InChI=1S/C48H78N8O11/c1-3-4-5-6-7-8-9-10-11-12-13-18-41(61)51-36-17-15-26-50-45(64)39-27-34(59)29-55(39)47(66)38(16-14-25-49)53-43(62)37(24-21-32-19-22-33(58)23-20-32)52-46(65)40-28-35(60)30-56(40)48(67)42(31(2)57)54-44(36)63/h19-20,22-23,31,34-40,42,57-60H,3-18,21,24-30,49H2,1-2H3,(H,50,64)(H,51,61)(H,52,65)(H,53,62)(H,54,63)/t31-,34?,35-,36+,37+,38+,39+,40+,42+/m1/s1. The predicted molar refractivity (Wildman–Crippen MR) is 250 cm³/mol. The highest BCUT2D eigenvalue weighted by Crippen LogP contribution is 2.23. The number of hydrogen-bond donors (Lipinski definition) is 10. The smallest absolute Gasteiger partial charge is 0.248 e. The molecule has 9 atom stereocenters. The molecular weight excluding hydrogens is 865 g/mol. The van der Waals surface area contributed by atoms with Gasteiger partial charge in [0.25, 0.3) is 0 Å². The summed E-state index contributed by atoms with van der Waals surface area (Å²) in [5, 5.41) is 55.8. The van der Waals surface area contributed by atoms with Gasteiger partial charge >= 0.3 is 0 Å². The van der Waals surface area contributed by atoms with Gasteiger partial charge in [-0.3, -0.25) is 33.6 Å². The predicted octanol–water partition coefficient (Wildman–Crippen LogP) is 0.918. The molecule has 0 spiro atoms. The number of nitrogens with two attached hydrogens (primary N) is 1. The zero-order valence-corrected chi connectivity index (χ0v) is 39.6. The lowest BCUT2D eigenvalue weighted by molar-refractivity contribution is -0.145. The Hall–Kier alpha value is -4.85. The van der Waals surface area contributed by atoms with Gasteiger partial charge in [0, 0.05) is 38.9 Å². The fraction of sp³-hybridized carbons (Fsp3) is 0.729. The molecule has 1 aromatic rings. The Bertz CT molecular complexity index is 1770. The lowest BCUT2D eigenvalue weighted by atomic mass is 10.0. The topological polar surface area (TPSA) is 293 Å². The summed E-state index contributed by atoms with van der Waals surface area (Å²) in [6.07, 6.45) is 9.06. The minimum atomic E-state index is -1.60. The van der Waals surface area contributed by atoms with E-state index in [4.69, 9.17) is 5.73 Å². The zero-order valence-electron chi connectivity index (χ0n) is 39.6. The molecule has 3 aliphatic rings. The first kappa shape index (κ1) is 54.8. The molecule has 11 N–H and O–H groups in total. The van der Waals surface area contributed by atoms with E-state index >= 15 is 0 Å². The lowest BCUT2D eigenvalue weighted by Gasteiger charge is -2.32. The number of carbonyl (C=O) groups excluding carboxylic acids is 7. The fourth-order valence-corrected chi connectivity index (χ4v) is 9.12. The summed E-state index contributed by atoms with van der Waals surface area (Å²) in [5.41, 5.74) is 6.53. The highest BCUT2D eigenvalue weighted by atomic mass is 16.3. The maximum atomic E-state index is 14.3. The second kappa shape index (κ2) is 28.5. The first-order chi connectivity index (χ1) is 32.1. The molecule has 3 fully saturated rings. The third-order valence-electron chi connectivity index (χ3n) is 13.0. The van der Waals surface area contributed by atoms with Crippen molar-refractivity contribution in [2.45, 2.75) is 197 Å². The average Bonchev–Trinajstić information content (AvgIpc) is 3.90. The number of aliphatic hydroxyl groups is 3. The number of aryl methyl sites for hydroxylation is 1. The van der Waals surface area contributed by atoms with Crippen molar-refractivity contribution in [2.75, 3.05) is 26.2 Å². The minimum Gasteiger partial charge on any atom is -0.508 e. The third-order valence-corrected chi connectivity index (χ3v) is 13.0. The molecule has 3 aliphatic heterocycles. The van der Waals surface area contributed by atoms with E-state index in [1.165, 1.54) is 62.5 Å². The molecular formula is C48H78N8O11. The van der Waals surface area contributed by atoms with Crippen molar-refractivity contribution in [1.29, 1.82) is 0 Å². The van der Waals surface area contributed by atoms with E-state index in [-0.39, 0.29) is 89.2 Å². The number of nitrogens with zero attached hydrogens (tertiary/aromatic N) is 2. The molecule has 19 heteroatoms. The Balaban J connectivity index is 1.58. The number of rotatable bonds is 20. The summed E-state index contributed by atoms with van der Waals surface area (Å²) in [5.74, 6) is -4.77. The van der Waals surface area contributed by atoms with Crippen LogP contribution in [0.5, 0.6) is 5.75 Å². The molecule has 19 nitrogen and oxygen atoms in total. The molecule has 0 aromatic heterocycles. The second-order valence-corrected chi connectivity index (χ2v) is 18.6. The number of unbranched alkanes of at least 4 members (excludes halogenated alkanes) is 10. The second-order valence-electron chi connectivity index (χ2n) is 18.6. The molecule has 3 heterocycles. The summed E-state index contributed by atoms with van der Waals surface area (Å²) in [6, 6.07) is -1.49. The normalized spacial score (nSPS) is 26.4. The van der Waals surface area contributed by atoms with Crippen LogP contribution in [0.4, 0.5) is 0 Å². The SMILES string of the molecule is CCCCCCCCCCCCCC(=O)N[C@H]1CCCNC(=O)[C@@H]2CC(O)CN2C(=O)[C@H](CCCN)NC(=O)[C@H](CCc2ccc(O)cc2)NC(=O)[C@@H]2C[C@@H](O)CN2C(=O)[C@H]([C@@H](C)O)NC1=O. The maximum Gasteiger partial charge on any atom is 0.248 e. The van der Waals surface area contributed by atoms with Crippen molar-refractivity contribution in [1.82, 2.24) is 36.4 Å². The highest BCUT2D eigenvalue weighted by molar-refractivity contribution is 5.97. The molecule has 0 saturated carbocycles. The number of phenolic OH excluding ortho intramolecular Hbond substituents is 1. The van der Waals surface area contributed by atoms with E-state index in [1.54, 1.807) is 12.1 Å². The van der Waals surface area contributed by atoms with Gasteiger partial charge in [0.1, 0.15) is 42.0 Å². The van der Waals surface area contributed by atoms with Crippen LogP contribution in [-0.2, 0) is 40.0 Å². The number of aliphatic hydroxyl groups excluding tert-OH is 3. The molecule has 0 aliphatic carbocycles. The summed E-state index contributed by atoms with van der Waals surface area (Å²) >= 11 is 0. The van der Waals surface area contributed by atoms with Crippen molar-refractivity contribution in [3.8, 4) is 5.75 Å². The van der Waals surface area contributed by atoms with Gasteiger partial charge in [0.2, 0.25) is 41.4 Å². The van der Waals surface area contributed by atoms with Gasteiger partial charge in [0.05, 0.1) is 18.3 Å². The molecule has 7 amide bonds. The van der Waals surface area contributed by atoms with Crippen molar-refractivity contribution in [3.05, 3.63) is 29.8 Å².